The van der Waals surface area contributed by atoms with Crippen LogP contribution >= 0.6 is 0 Å². The number of carbonyl (C=O) groups is 1. The van der Waals surface area contributed by atoms with Crippen molar-refractivity contribution in [1.82, 2.24) is 14.8 Å². The zero-order valence-corrected chi connectivity index (χ0v) is 17.1. The SMILES string of the molecule is N#Cc1ccc(C(=O)Nc2nc(-c3ccccc3O)nn2-c2ccc(OC(F)(F)F)cc2)cc1. The number of anilines is 1. The third kappa shape index (κ3) is 4.97. The van der Waals surface area contributed by atoms with Crippen LogP contribution < -0.4 is 10.1 Å². The maximum Gasteiger partial charge on any atom is 0.573 e. The Labute approximate surface area is 190 Å². The Bertz CT molecular complexity index is 1370. The molecule has 0 fully saturated rings. The third-order valence-electron chi connectivity index (χ3n) is 4.57. The van der Waals surface area contributed by atoms with E-state index in [-0.39, 0.29) is 34.3 Å². The number of nitrogens with zero attached hydrogens (tertiary/aromatic N) is 4. The number of aromatic nitrogens is 3. The molecule has 0 radical (unpaired) electrons. The minimum atomic E-state index is -4.84. The standard InChI is InChI=1S/C23H14F3N5O3/c24-23(25,26)34-17-11-9-16(10-12-17)31-22(28-20(30-31)18-3-1-2-4-19(18)32)29-21(33)15-7-5-14(13-27)6-8-15/h1-12,32H,(H,28,29,30,33). The van der Waals surface area contributed by atoms with Crippen molar-refractivity contribution >= 4 is 11.9 Å². The first-order valence-electron chi connectivity index (χ1n) is 9.66. The smallest absolute Gasteiger partial charge is 0.507 e. The van der Waals surface area contributed by atoms with E-state index in [2.05, 4.69) is 20.1 Å². The highest BCUT2D eigenvalue weighted by Gasteiger charge is 2.31. The first-order valence-corrected chi connectivity index (χ1v) is 9.66. The van der Waals surface area contributed by atoms with Crippen LogP contribution in [-0.2, 0) is 0 Å². The summed E-state index contributed by atoms with van der Waals surface area (Å²) in [6, 6.07) is 18.9. The number of phenols is 1. The minimum absolute atomic E-state index is 0.0443. The van der Waals surface area contributed by atoms with Crippen molar-refractivity contribution in [3.8, 4) is 34.6 Å². The summed E-state index contributed by atoms with van der Waals surface area (Å²) in [6.45, 7) is 0. The van der Waals surface area contributed by atoms with E-state index in [1.165, 1.54) is 47.1 Å². The zero-order valence-electron chi connectivity index (χ0n) is 17.1. The molecular formula is C23H14F3N5O3. The zero-order chi connectivity index (χ0) is 24.3. The molecular weight excluding hydrogens is 451 g/mol. The van der Waals surface area contributed by atoms with Gasteiger partial charge in [0.05, 0.1) is 22.9 Å². The Balaban J connectivity index is 1.71. The van der Waals surface area contributed by atoms with Crippen LogP contribution in [0.25, 0.3) is 17.1 Å². The quantitative estimate of drug-likeness (QED) is 0.443. The molecule has 0 saturated heterocycles. The second-order valence-electron chi connectivity index (χ2n) is 6.87. The van der Waals surface area contributed by atoms with Crippen LogP contribution in [-0.4, -0.2) is 32.1 Å². The third-order valence-corrected chi connectivity index (χ3v) is 4.57. The average Bonchev–Trinajstić information content (AvgIpc) is 3.22. The van der Waals surface area contributed by atoms with E-state index < -0.39 is 18.0 Å². The number of hydrogen-bond donors (Lipinski definition) is 2. The number of ether oxygens (including phenoxy) is 1. The van der Waals surface area contributed by atoms with Crippen LogP contribution in [0.15, 0.2) is 72.8 Å². The fourth-order valence-corrected chi connectivity index (χ4v) is 3.01. The number of carbonyl (C=O) groups excluding carboxylic acids is 1. The van der Waals surface area contributed by atoms with Gasteiger partial charge in [-0.3, -0.25) is 10.1 Å². The molecule has 0 unspecified atom stereocenters. The van der Waals surface area contributed by atoms with E-state index in [1.54, 1.807) is 18.2 Å². The second-order valence-corrected chi connectivity index (χ2v) is 6.87. The van der Waals surface area contributed by atoms with Crippen molar-refractivity contribution in [1.29, 1.82) is 5.26 Å². The van der Waals surface area contributed by atoms with Crippen molar-refractivity contribution in [2.45, 2.75) is 6.36 Å². The van der Waals surface area contributed by atoms with Crippen LogP contribution in [0.3, 0.4) is 0 Å². The first-order chi connectivity index (χ1) is 16.2. The molecule has 3 aromatic carbocycles. The summed E-state index contributed by atoms with van der Waals surface area (Å²) < 4.78 is 42.5. The monoisotopic (exact) mass is 465 g/mol. The van der Waals surface area contributed by atoms with E-state index in [1.807, 2.05) is 6.07 Å². The van der Waals surface area contributed by atoms with Crippen LogP contribution in [0.2, 0.25) is 0 Å². The fraction of sp³-hybridized carbons (Fsp3) is 0.0435. The van der Waals surface area contributed by atoms with Crippen molar-refractivity contribution in [3.63, 3.8) is 0 Å². The lowest BCUT2D eigenvalue weighted by Gasteiger charge is -2.10. The predicted octanol–water partition coefficient (Wildman–Crippen LogP) is 4.66. The number of benzene rings is 3. The first kappa shape index (κ1) is 22.3. The van der Waals surface area contributed by atoms with E-state index >= 15 is 0 Å². The summed E-state index contributed by atoms with van der Waals surface area (Å²) in [6.07, 6.45) is -4.84. The van der Waals surface area contributed by atoms with Gasteiger partial charge in [-0.1, -0.05) is 12.1 Å². The van der Waals surface area contributed by atoms with Gasteiger partial charge in [0.1, 0.15) is 11.5 Å². The highest BCUT2D eigenvalue weighted by Crippen LogP contribution is 2.29. The van der Waals surface area contributed by atoms with Crippen molar-refractivity contribution in [3.05, 3.63) is 83.9 Å². The topological polar surface area (TPSA) is 113 Å². The molecule has 0 saturated carbocycles. The molecule has 4 rings (SSSR count). The number of para-hydroxylation sites is 1. The van der Waals surface area contributed by atoms with E-state index in [0.717, 1.165) is 12.1 Å². The predicted molar refractivity (Wildman–Crippen MR) is 114 cm³/mol. The number of alkyl halides is 3. The molecule has 2 N–H and O–H groups in total. The van der Waals surface area contributed by atoms with Gasteiger partial charge in [0.15, 0.2) is 5.82 Å². The molecule has 0 aliphatic rings. The Morgan fingerprint density at radius 1 is 1.03 bits per heavy atom. The van der Waals surface area contributed by atoms with Crippen molar-refractivity contribution in [2.24, 2.45) is 0 Å². The Hall–Kier alpha value is -4.85. The van der Waals surface area contributed by atoms with Crippen LogP contribution in [0.4, 0.5) is 19.1 Å². The summed E-state index contributed by atoms with van der Waals surface area (Å²) in [5.74, 6) is -1.06. The van der Waals surface area contributed by atoms with E-state index in [9.17, 15) is 23.1 Å². The minimum Gasteiger partial charge on any atom is -0.507 e. The summed E-state index contributed by atoms with van der Waals surface area (Å²) in [4.78, 5) is 17.0. The maximum atomic E-state index is 12.8. The molecule has 8 nitrogen and oxygen atoms in total. The molecule has 0 bridgehead atoms. The molecule has 1 aromatic heterocycles. The van der Waals surface area contributed by atoms with E-state index in [0.29, 0.717) is 5.56 Å². The summed E-state index contributed by atoms with van der Waals surface area (Å²) >= 11 is 0. The molecule has 34 heavy (non-hydrogen) atoms. The largest absolute Gasteiger partial charge is 0.573 e. The molecule has 170 valence electrons. The highest BCUT2D eigenvalue weighted by molar-refractivity contribution is 6.03. The lowest BCUT2D eigenvalue weighted by molar-refractivity contribution is -0.274. The molecule has 4 aromatic rings. The molecule has 0 spiro atoms. The fourth-order valence-electron chi connectivity index (χ4n) is 3.01. The van der Waals surface area contributed by atoms with Gasteiger partial charge >= 0.3 is 6.36 Å². The van der Waals surface area contributed by atoms with Gasteiger partial charge in [0, 0.05) is 5.56 Å². The Morgan fingerprint density at radius 2 is 1.71 bits per heavy atom. The van der Waals surface area contributed by atoms with Gasteiger partial charge in [0.25, 0.3) is 5.91 Å². The van der Waals surface area contributed by atoms with Crippen LogP contribution in [0.1, 0.15) is 15.9 Å². The van der Waals surface area contributed by atoms with E-state index in [4.69, 9.17) is 5.26 Å². The van der Waals surface area contributed by atoms with Gasteiger partial charge in [-0.15, -0.1) is 18.3 Å². The molecule has 0 aliphatic carbocycles. The van der Waals surface area contributed by atoms with Gasteiger partial charge in [-0.2, -0.15) is 14.9 Å². The average molecular weight is 465 g/mol. The highest BCUT2D eigenvalue weighted by atomic mass is 19.4. The molecule has 11 heteroatoms. The number of rotatable bonds is 5. The number of aromatic hydroxyl groups is 1. The summed E-state index contributed by atoms with van der Waals surface area (Å²) in [7, 11) is 0. The lowest BCUT2D eigenvalue weighted by atomic mass is 10.1. The molecule has 0 aliphatic heterocycles. The molecule has 0 atom stereocenters. The number of nitriles is 1. The van der Waals surface area contributed by atoms with Crippen LogP contribution in [0, 0.1) is 11.3 Å². The Morgan fingerprint density at radius 3 is 2.32 bits per heavy atom. The van der Waals surface area contributed by atoms with Gasteiger partial charge in [-0.05, 0) is 60.7 Å². The van der Waals surface area contributed by atoms with Crippen molar-refractivity contribution < 1.29 is 27.8 Å². The lowest BCUT2D eigenvalue weighted by Crippen LogP contribution is -2.17. The maximum absolute atomic E-state index is 12.8. The number of halogens is 3. The molecule has 1 heterocycles. The number of nitrogens with one attached hydrogen (secondary N) is 1. The number of amides is 1. The van der Waals surface area contributed by atoms with Gasteiger partial charge in [0.2, 0.25) is 5.95 Å². The summed E-state index contributed by atoms with van der Waals surface area (Å²) in [5.41, 5.74) is 1.18. The van der Waals surface area contributed by atoms with Crippen molar-refractivity contribution in [2.75, 3.05) is 5.32 Å². The normalized spacial score (nSPS) is 11.0. The second kappa shape index (κ2) is 8.95. The number of phenolic OH excluding ortho intramolecular Hbond substituents is 1. The number of hydrogen-bond acceptors (Lipinski definition) is 6. The summed E-state index contributed by atoms with van der Waals surface area (Å²) in [5, 5.41) is 26.0. The van der Waals surface area contributed by atoms with Gasteiger partial charge in [-0.25, -0.2) is 0 Å². The Kier molecular flexibility index (Phi) is 5.88. The van der Waals surface area contributed by atoms with Gasteiger partial charge < -0.3 is 9.84 Å². The van der Waals surface area contributed by atoms with Crippen LogP contribution in [0.5, 0.6) is 11.5 Å². The molecule has 1 amide bonds.